The van der Waals surface area contributed by atoms with E-state index in [1.54, 1.807) is 24.3 Å². The number of rotatable bonds is 3. The lowest BCUT2D eigenvalue weighted by Crippen LogP contribution is -2.17. The fourth-order valence-electron chi connectivity index (χ4n) is 1.77. The molecule has 0 aliphatic rings. The first-order chi connectivity index (χ1) is 10.3. The van der Waals surface area contributed by atoms with Crippen LogP contribution >= 0.6 is 23.2 Å². The first-order valence-corrected chi connectivity index (χ1v) is 6.97. The van der Waals surface area contributed by atoms with Crippen molar-refractivity contribution in [3.8, 4) is 0 Å². The number of halogens is 5. The fourth-order valence-corrected chi connectivity index (χ4v) is 2.32. The summed E-state index contributed by atoms with van der Waals surface area (Å²) >= 11 is 12.0. The van der Waals surface area contributed by atoms with Crippen molar-refractivity contribution in [3.05, 3.63) is 64.7 Å². The zero-order chi connectivity index (χ0) is 16.3. The molecular formula is C15H10Cl2F3NO. The number of hydrogen-bond donors (Lipinski definition) is 1. The minimum absolute atomic E-state index is 0.218. The summed E-state index contributed by atoms with van der Waals surface area (Å²) in [4.78, 5) is 12.0. The third-order valence-corrected chi connectivity index (χ3v) is 3.67. The van der Waals surface area contributed by atoms with Crippen molar-refractivity contribution in [2.24, 2.45) is 0 Å². The molecule has 7 heteroatoms. The Morgan fingerprint density at radius 1 is 1.05 bits per heavy atom. The Kier molecular flexibility index (Phi) is 4.98. The third-order valence-electron chi connectivity index (χ3n) is 2.89. The van der Waals surface area contributed by atoms with Gasteiger partial charge in [0.1, 0.15) is 5.38 Å². The molecule has 0 aliphatic heterocycles. The van der Waals surface area contributed by atoms with Gasteiger partial charge in [-0.1, -0.05) is 29.8 Å². The minimum Gasteiger partial charge on any atom is -0.325 e. The monoisotopic (exact) mass is 347 g/mol. The number of nitrogens with one attached hydrogen (secondary N) is 1. The van der Waals surface area contributed by atoms with Gasteiger partial charge in [0.25, 0.3) is 0 Å². The highest BCUT2D eigenvalue weighted by Gasteiger charge is 2.30. The van der Waals surface area contributed by atoms with E-state index in [0.717, 1.165) is 24.3 Å². The predicted octanol–water partition coefficient (Wildman–Crippen LogP) is 5.28. The molecule has 0 radical (unpaired) electrons. The molecule has 1 N–H and O–H groups in total. The molecule has 0 fully saturated rings. The SMILES string of the molecule is O=C(Nc1ccc(C(F)(F)F)cc1)[C@H](Cl)c1ccccc1Cl. The molecule has 0 heterocycles. The lowest BCUT2D eigenvalue weighted by Gasteiger charge is -2.13. The maximum atomic E-state index is 12.5. The Labute approximate surface area is 134 Å². The Bertz CT molecular complexity index is 671. The molecule has 116 valence electrons. The molecule has 2 aromatic rings. The number of anilines is 1. The van der Waals surface area contributed by atoms with Crippen molar-refractivity contribution < 1.29 is 18.0 Å². The Hall–Kier alpha value is -1.72. The Morgan fingerprint density at radius 3 is 2.18 bits per heavy atom. The van der Waals surface area contributed by atoms with E-state index in [1.807, 2.05) is 0 Å². The van der Waals surface area contributed by atoms with Gasteiger partial charge in [-0.25, -0.2) is 0 Å². The van der Waals surface area contributed by atoms with Crippen molar-refractivity contribution in [2.75, 3.05) is 5.32 Å². The largest absolute Gasteiger partial charge is 0.416 e. The van der Waals surface area contributed by atoms with E-state index in [-0.39, 0.29) is 5.69 Å². The minimum atomic E-state index is -4.42. The maximum absolute atomic E-state index is 12.5. The molecule has 1 amide bonds. The summed E-state index contributed by atoms with van der Waals surface area (Å²) < 4.78 is 37.4. The highest BCUT2D eigenvalue weighted by Crippen LogP contribution is 2.31. The van der Waals surface area contributed by atoms with Crippen molar-refractivity contribution in [3.63, 3.8) is 0 Å². The summed E-state index contributed by atoms with van der Waals surface area (Å²) in [6, 6.07) is 10.7. The van der Waals surface area contributed by atoms with Crippen LogP contribution in [0.5, 0.6) is 0 Å². The molecule has 22 heavy (non-hydrogen) atoms. The lowest BCUT2D eigenvalue weighted by atomic mass is 10.1. The van der Waals surface area contributed by atoms with Gasteiger partial charge < -0.3 is 5.32 Å². The maximum Gasteiger partial charge on any atom is 0.416 e. The third kappa shape index (κ3) is 3.93. The molecule has 0 bridgehead atoms. The van der Waals surface area contributed by atoms with Crippen LogP contribution in [0.4, 0.5) is 18.9 Å². The van der Waals surface area contributed by atoms with E-state index in [4.69, 9.17) is 23.2 Å². The molecule has 1 atom stereocenters. The summed E-state index contributed by atoms with van der Waals surface area (Å²) in [7, 11) is 0. The zero-order valence-corrected chi connectivity index (χ0v) is 12.5. The van der Waals surface area contributed by atoms with Gasteiger partial charge in [-0.3, -0.25) is 4.79 Å². The van der Waals surface area contributed by atoms with Gasteiger partial charge in [0, 0.05) is 10.7 Å². The number of hydrogen-bond acceptors (Lipinski definition) is 1. The van der Waals surface area contributed by atoms with Crippen LogP contribution in [0.15, 0.2) is 48.5 Å². The van der Waals surface area contributed by atoms with E-state index < -0.39 is 23.0 Å². The van der Waals surface area contributed by atoms with Crippen LogP contribution in [0.25, 0.3) is 0 Å². The van der Waals surface area contributed by atoms with Crippen LogP contribution in [0.1, 0.15) is 16.5 Å². The fraction of sp³-hybridized carbons (Fsp3) is 0.133. The molecular weight excluding hydrogens is 338 g/mol. The number of carbonyl (C=O) groups is 1. The first-order valence-electron chi connectivity index (χ1n) is 6.15. The molecule has 2 aromatic carbocycles. The van der Waals surface area contributed by atoms with Gasteiger partial charge in [0.15, 0.2) is 0 Å². The van der Waals surface area contributed by atoms with Crippen molar-refractivity contribution in [2.45, 2.75) is 11.6 Å². The number of benzene rings is 2. The van der Waals surface area contributed by atoms with E-state index in [1.165, 1.54) is 0 Å². The smallest absolute Gasteiger partial charge is 0.325 e. The summed E-state index contributed by atoms with van der Waals surface area (Å²) in [5, 5.41) is 1.74. The van der Waals surface area contributed by atoms with E-state index in [9.17, 15) is 18.0 Å². The average Bonchev–Trinajstić information content (AvgIpc) is 2.46. The molecule has 0 saturated carbocycles. The second-order valence-corrected chi connectivity index (χ2v) is 5.29. The quantitative estimate of drug-likeness (QED) is 0.752. The van der Waals surface area contributed by atoms with Gasteiger partial charge in [-0.2, -0.15) is 13.2 Å². The van der Waals surface area contributed by atoms with Crippen LogP contribution in [0, 0.1) is 0 Å². The predicted molar refractivity (Wildman–Crippen MR) is 80.1 cm³/mol. The van der Waals surface area contributed by atoms with E-state index in [0.29, 0.717) is 10.6 Å². The Morgan fingerprint density at radius 2 is 1.64 bits per heavy atom. The summed E-state index contributed by atoms with van der Waals surface area (Å²) in [5.74, 6) is -0.575. The molecule has 0 aliphatic carbocycles. The van der Waals surface area contributed by atoms with E-state index >= 15 is 0 Å². The molecule has 2 rings (SSSR count). The first kappa shape index (κ1) is 16.6. The lowest BCUT2D eigenvalue weighted by molar-refractivity contribution is -0.137. The van der Waals surface area contributed by atoms with Gasteiger partial charge >= 0.3 is 6.18 Å². The molecule has 0 unspecified atom stereocenters. The molecule has 0 spiro atoms. The van der Waals surface area contributed by atoms with Crippen LogP contribution in [0.2, 0.25) is 5.02 Å². The van der Waals surface area contributed by atoms with Crippen LogP contribution in [0.3, 0.4) is 0 Å². The van der Waals surface area contributed by atoms with Gasteiger partial charge in [0.05, 0.1) is 5.56 Å². The number of alkyl halides is 4. The molecule has 0 aromatic heterocycles. The summed E-state index contributed by atoms with van der Waals surface area (Å²) in [6.45, 7) is 0. The molecule has 0 saturated heterocycles. The van der Waals surface area contributed by atoms with Crippen LogP contribution in [-0.2, 0) is 11.0 Å². The van der Waals surface area contributed by atoms with E-state index in [2.05, 4.69) is 5.32 Å². The van der Waals surface area contributed by atoms with Crippen molar-refractivity contribution >= 4 is 34.8 Å². The average molecular weight is 348 g/mol. The van der Waals surface area contributed by atoms with Crippen molar-refractivity contribution in [1.82, 2.24) is 0 Å². The van der Waals surface area contributed by atoms with Crippen LogP contribution < -0.4 is 5.32 Å². The highest BCUT2D eigenvalue weighted by molar-refractivity contribution is 6.36. The van der Waals surface area contributed by atoms with Gasteiger partial charge in [-0.05, 0) is 35.9 Å². The summed E-state index contributed by atoms with van der Waals surface area (Å²) in [6.07, 6.45) is -4.42. The second kappa shape index (κ2) is 6.58. The summed E-state index contributed by atoms with van der Waals surface area (Å²) in [5.41, 5.74) is -0.148. The topological polar surface area (TPSA) is 29.1 Å². The van der Waals surface area contributed by atoms with Gasteiger partial charge in [-0.15, -0.1) is 11.6 Å². The van der Waals surface area contributed by atoms with Gasteiger partial charge in [0.2, 0.25) is 5.91 Å². The standard InChI is InChI=1S/C15H10Cl2F3NO/c16-12-4-2-1-3-11(12)13(17)14(22)21-10-7-5-9(6-8-10)15(18,19)20/h1-8,13H,(H,21,22)/t13-/m1/s1. The number of carbonyl (C=O) groups excluding carboxylic acids is 1. The highest BCUT2D eigenvalue weighted by atomic mass is 35.5. The second-order valence-electron chi connectivity index (χ2n) is 4.45. The van der Waals surface area contributed by atoms with Crippen LogP contribution in [-0.4, -0.2) is 5.91 Å². The normalized spacial score (nSPS) is 12.8. The zero-order valence-electron chi connectivity index (χ0n) is 11.0. The van der Waals surface area contributed by atoms with Crippen molar-refractivity contribution in [1.29, 1.82) is 0 Å². The Balaban J connectivity index is 2.10. The number of amides is 1. The molecule has 2 nitrogen and oxygen atoms in total.